The quantitative estimate of drug-likeness (QED) is 0.322. The fraction of sp³-hybridized carbons (Fsp3) is 0.267. The first kappa shape index (κ1) is 23.3. The van der Waals surface area contributed by atoms with Crippen LogP contribution >= 0.6 is 12.2 Å². The van der Waals surface area contributed by atoms with Crippen molar-refractivity contribution in [2.75, 3.05) is 4.90 Å². The molecule has 1 N–H and O–H groups in total. The Morgan fingerprint density at radius 2 is 1.51 bits per heavy atom. The summed E-state index contributed by atoms with van der Waals surface area (Å²) in [5.74, 6) is 0. The lowest BCUT2D eigenvalue weighted by molar-refractivity contribution is 0.565. The highest BCUT2D eigenvalue weighted by Gasteiger charge is 2.42. The Morgan fingerprint density at radius 3 is 2.14 bits per heavy atom. The van der Waals surface area contributed by atoms with Crippen molar-refractivity contribution >= 4 is 23.0 Å². The standard InChI is InChI=1S/C30H32N4S/c1-18-14-19(2)16-24(15-18)34-29(27(32-30(34)35)26-12-7-8-13-31-26)25-17-22(5)33(23(25)6)28-20(3)10-9-11-21(28)4/h7-17,27,29H,1-6H3,(H,32,35). The molecule has 4 nitrogen and oxygen atoms in total. The van der Waals surface area contributed by atoms with Crippen molar-refractivity contribution in [3.63, 3.8) is 0 Å². The number of benzene rings is 2. The van der Waals surface area contributed by atoms with Crippen molar-refractivity contribution in [1.29, 1.82) is 0 Å². The molecule has 2 atom stereocenters. The third-order valence-corrected chi connectivity index (χ3v) is 7.35. The minimum Gasteiger partial charge on any atom is -0.351 e. The van der Waals surface area contributed by atoms with E-state index in [1.807, 2.05) is 18.3 Å². The van der Waals surface area contributed by atoms with Gasteiger partial charge >= 0.3 is 0 Å². The van der Waals surface area contributed by atoms with E-state index in [1.54, 1.807) is 0 Å². The monoisotopic (exact) mass is 480 g/mol. The third kappa shape index (κ3) is 4.04. The summed E-state index contributed by atoms with van der Waals surface area (Å²) in [6, 6.07) is 21.5. The minimum atomic E-state index is -0.0589. The highest BCUT2D eigenvalue weighted by atomic mass is 32.1. The molecule has 0 saturated carbocycles. The fourth-order valence-corrected chi connectivity index (χ4v) is 5.97. The number of para-hydroxylation sites is 1. The number of hydrogen-bond acceptors (Lipinski definition) is 2. The summed E-state index contributed by atoms with van der Waals surface area (Å²) >= 11 is 5.96. The van der Waals surface area contributed by atoms with Crippen molar-refractivity contribution in [2.45, 2.75) is 53.6 Å². The van der Waals surface area contributed by atoms with E-state index in [4.69, 9.17) is 17.2 Å². The lowest BCUT2D eigenvalue weighted by atomic mass is 9.96. The smallest absolute Gasteiger partial charge is 0.174 e. The predicted octanol–water partition coefficient (Wildman–Crippen LogP) is 6.90. The van der Waals surface area contributed by atoms with Crippen LogP contribution in [0.1, 0.15) is 57.0 Å². The number of nitrogens with one attached hydrogen (secondary N) is 1. The number of nitrogens with zero attached hydrogens (tertiary/aromatic N) is 3. The number of aromatic nitrogens is 2. The van der Waals surface area contributed by atoms with Crippen LogP contribution in [0.4, 0.5) is 5.69 Å². The van der Waals surface area contributed by atoms with Crippen LogP contribution in [0.5, 0.6) is 0 Å². The van der Waals surface area contributed by atoms with Crippen LogP contribution in [-0.4, -0.2) is 14.7 Å². The van der Waals surface area contributed by atoms with Crippen LogP contribution in [-0.2, 0) is 0 Å². The average Bonchev–Trinajstić information content (AvgIpc) is 3.30. The van der Waals surface area contributed by atoms with E-state index >= 15 is 0 Å². The van der Waals surface area contributed by atoms with Gasteiger partial charge in [-0.05, 0) is 112 Å². The summed E-state index contributed by atoms with van der Waals surface area (Å²) in [7, 11) is 0. The van der Waals surface area contributed by atoms with Crippen LogP contribution in [0.3, 0.4) is 0 Å². The van der Waals surface area contributed by atoms with E-state index < -0.39 is 0 Å². The SMILES string of the molecule is Cc1cc(C)cc(N2C(=S)NC(c3ccccn3)C2c2cc(C)n(-c3c(C)cccc3C)c2C)c1. The van der Waals surface area contributed by atoms with Gasteiger partial charge in [-0.3, -0.25) is 4.98 Å². The number of pyridine rings is 1. The van der Waals surface area contributed by atoms with Gasteiger partial charge in [0.15, 0.2) is 5.11 Å². The van der Waals surface area contributed by atoms with Crippen LogP contribution in [0.15, 0.2) is 66.9 Å². The molecule has 5 heteroatoms. The van der Waals surface area contributed by atoms with Gasteiger partial charge in [0.25, 0.3) is 0 Å². The van der Waals surface area contributed by atoms with Crippen molar-refractivity contribution in [2.24, 2.45) is 0 Å². The third-order valence-electron chi connectivity index (χ3n) is 7.03. The average molecular weight is 481 g/mol. The zero-order valence-corrected chi connectivity index (χ0v) is 22.1. The number of anilines is 1. The molecule has 0 bridgehead atoms. The highest BCUT2D eigenvalue weighted by Crippen LogP contribution is 2.44. The highest BCUT2D eigenvalue weighted by molar-refractivity contribution is 7.80. The zero-order chi connectivity index (χ0) is 24.9. The Balaban J connectivity index is 1.73. The molecule has 0 spiro atoms. The van der Waals surface area contributed by atoms with Gasteiger partial charge in [0.2, 0.25) is 0 Å². The molecule has 4 aromatic rings. The van der Waals surface area contributed by atoms with Crippen molar-refractivity contribution in [3.8, 4) is 5.69 Å². The fourth-order valence-electron chi connectivity index (χ4n) is 5.63. The molecule has 35 heavy (non-hydrogen) atoms. The lowest BCUT2D eigenvalue weighted by Crippen LogP contribution is -2.29. The molecule has 1 saturated heterocycles. The molecular weight excluding hydrogens is 448 g/mol. The van der Waals surface area contributed by atoms with E-state index in [-0.39, 0.29) is 12.1 Å². The van der Waals surface area contributed by atoms with Gasteiger partial charge in [0.05, 0.1) is 23.5 Å². The molecule has 1 fully saturated rings. The summed E-state index contributed by atoms with van der Waals surface area (Å²) in [4.78, 5) is 7.01. The first-order valence-electron chi connectivity index (χ1n) is 12.1. The molecule has 2 aromatic heterocycles. The summed E-state index contributed by atoms with van der Waals surface area (Å²) in [6.07, 6.45) is 1.86. The number of rotatable bonds is 4. The number of hydrogen-bond donors (Lipinski definition) is 1. The zero-order valence-electron chi connectivity index (χ0n) is 21.3. The van der Waals surface area contributed by atoms with E-state index in [1.165, 1.54) is 44.9 Å². The molecule has 1 aliphatic heterocycles. The molecule has 3 heterocycles. The Kier molecular flexibility index (Phi) is 5.97. The molecule has 0 radical (unpaired) electrons. The van der Waals surface area contributed by atoms with Crippen LogP contribution in [0, 0.1) is 41.5 Å². The Morgan fingerprint density at radius 1 is 0.829 bits per heavy atom. The molecule has 2 unspecified atom stereocenters. The van der Waals surface area contributed by atoms with Gasteiger partial charge in [-0.25, -0.2) is 0 Å². The molecule has 1 aliphatic rings. The Labute approximate surface area is 213 Å². The largest absolute Gasteiger partial charge is 0.351 e. The summed E-state index contributed by atoms with van der Waals surface area (Å²) in [6.45, 7) is 13.1. The second-order valence-corrected chi connectivity index (χ2v) is 10.1. The number of aryl methyl sites for hydroxylation is 5. The van der Waals surface area contributed by atoms with Crippen molar-refractivity contribution < 1.29 is 0 Å². The van der Waals surface area contributed by atoms with Crippen LogP contribution in [0.2, 0.25) is 0 Å². The van der Waals surface area contributed by atoms with Crippen molar-refractivity contribution in [1.82, 2.24) is 14.9 Å². The maximum atomic E-state index is 5.96. The second-order valence-electron chi connectivity index (χ2n) is 9.74. The van der Waals surface area contributed by atoms with E-state index in [0.29, 0.717) is 0 Å². The molecule has 178 valence electrons. The molecule has 0 aliphatic carbocycles. The Bertz CT molecular complexity index is 1380. The lowest BCUT2D eigenvalue weighted by Gasteiger charge is -2.29. The van der Waals surface area contributed by atoms with Gasteiger partial charge in [0, 0.05) is 23.3 Å². The first-order chi connectivity index (χ1) is 16.8. The minimum absolute atomic E-state index is 0.0251. The Hall–Kier alpha value is -3.44. The molecule has 2 aromatic carbocycles. The number of thiocarbonyl (C=S) groups is 1. The van der Waals surface area contributed by atoms with Gasteiger partial charge in [0.1, 0.15) is 0 Å². The molecule has 5 rings (SSSR count). The summed E-state index contributed by atoms with van der Waals surface area (Å²) < 4.78 is 2.40. The van der Waals surface area contributed by atoms with Crippen molar-refractivity contribution in [3.05, 3.63) is 112 Å². The van der Waals surface area contributed by atoms with Gasteiger partial charge in [-0.15, -0.1) is 0 Å². The topological polar surface area (TPSA) is 33.1 Å². The predicted molar refractivity (Wildman–Crippen MR) is 149 cm³/mol. The first-order valence-corrected chi connectivity index (χ1v) is 12.5. The molecule has 0 amide bonds. The van der Waals surface area contributed by atoms with Gasteiger partial charge in [-0.1, -0.05) is 30.3 Å². The second kappa shape index (κ2) is 8.97. The van der Waals surface area contributed by atoms with E-state index in [9.17, 15) is 0 Å². The van der Waals surface area contributed by atoms with Crippen LogP contribution < -0.4 is 10.2 Å². The van der Waals surface area contributed by atoms with E-state index in [0.717, 1.165) is 16.5 Å². The van der Waals surface area contributed by atoms with Gasteiger partial charge in [-0.2, -0.15) is 0 Å². The summed E-state index contributed by atoms with van der Waals surface area (Å²) in [5.41, 5.74) is 12.1. The molecular formula is C30H32N4S. The maximum Gasteiger partial charge on any atom is 0.174 e. The normalized spacial score (nSPS) is 17.7. The van der Waals surface area contributed by atoms with Gasteiger partial charge < -0.3 is 14.8 Å². The van der Waals surface area contributed by atoms with E-state index in [2.05, 4.69) is 105 Å². The van der Waals surface area contributed by atoms with Crippen LogP contribution in [0.25, 0.3) is 5.69 Å². The maximum absolute atomic E-state index is 5.96. The summed E-state index contributed by atoms with van der Waals surface area (Å²) in [5, 5.41) is 4.34.